The van der Waals surface area contributed by atoms with Crippen LogP contribution in [0.2, 0.25) is 0 Å². The molecule has 1 amide bonds. The van der Waals surface area contributed by atoms with Gasteiger partial charge in [0.25, 0.3) is 0 Å². The third kappa shape index (κ3) is 5.09. The van der Waals surface area contributed by atoms with Crippen LogP contribution in [0.5, 0.6) is 0 Å². The summed E-state index contributed by atoms with van der Waals surface area (Å²) in [7, 11) is 1.87. The van der Waals surface area contributed by atoms with Crippen LogP contribution in [0.1, 0.15) is 26.7 Å². The van der Waals surface area contributed by atoms with Crippen molar-refractivity contribution in [1.82, 2.24) is 14.7 Å². The highest BCUT2D eigenvalue weighted by Crippen LogP contribution is 2.15. The maximum Gasteiger partial charge on any atom is 0.236 e. The minimum atomic E-state index is 0.216. The lowest BCUT2D eigenvalue weighted by atomic mass is 10.2. The largest absolute Gasteiger partial charge is 0.345 e. The molecule has 1 aliphatic rings. The van der Waals surface area contributed by atoms with Crippen molar-refractivity contribution >= 4 is 5.91 Å². The highest BCUT2D eigenvalue weighted by molar-refractivity contribution is 5.78. The maximum atomic E-state index is 12.1. The van der Waals surface area contributed by atoms with Gasteiger partial charge in [-0.1, -0.05) is 13.8 Å². The van der Waals surface area contributed by atoms with E-state index in [9.17, 15) is 4.79 Å². The highest BCUT2D eigenvalue weighted by Gasteiger charge is 2.27. The van der Waals surface area contributed by atoms with E-state index in [0.717, 1.165) is 39.1 Å². The maximum absolute atomic E-state index is 12.1. The van der Waals surface area contributed by atoms with Crippen LogP contribution >= 0.6 is 0 Å². The van der Waals surface area contributed by atoms with E-state index in [2.05, 4.69) is 23.6 Å². The molecule has 112 valence electrons. The van der Waals surface area contributed by atoms with E-state index in [-0.39, 0.29) is 5.91 Å². The fourth-order valence-electron chi connectivity index (χ4n) is 2.76. The highest BCUT2D eigenvalue weighted by atomic mass is 16.2. The molecule has 19 heavy (non-hydrogen) atoms. The van der Waals surface area contributed by atoms with Crippen LogP contribution in [-0.2, 0) is 4.79 Å². The van der Waals surface area contributed by atoms with Gasteiger partial charge in [-0.15, -0.1) is 0 Å². The van der Waals surface area contributed by atoms with Crippen molar-refractivity contribution in [3.8, 4) is 0 Å². The molecule has 1 saturated heterocycles. The Hall–Kier alpha value is -0.650. The van der Waals surface area contributed by atoms with Crippen LogP contribution in [0.4, 0.5) is 0 Å². The Morgan fingerprint density at radius 1 is 1.37 bits per heavy atom. The van der Waals surface area contributed by atoms with Gasteiger partial charge in [0, 0.05) is 32.7 Å². The van der Waals surface area contributed by atoms with Gasteiger partial charge in [-0.2, -0.15) is 0 Å². The third-order valence-corrected chi connectivity index (χ3v) is 4.06. The lowest BCUT2D eigenvalue weighted by Crippen LogP contribution is -2.41. The normalized spacial score (nSPS) is 20.2. The number of hydrogen-bond acceptors (Lipinski definition) is 4. The third-order valence-electron chi connectivity index (χ3n) is 4.06. The zero-order chi connectivity index (χ0) is 14.3. The van der Waals surface area contributed by atoms with Gasteiger partial charge in [0.05, 0.1) is 6.54 Å². The molecule has 0 aliphatic carbocycles. The van der Waals surface area contributed by atoms with Gasteiger partial charge >= 0.3 is 0 Å². The standard InChI is InChI=1S/C14H30N4O/c1-4-18(5-2)13-7-10-17(11-13)12-14(19)16(3)9-6-8-15/h13H,4-12,15H2,1-3H3. The molecule has 1 heterocycles. The van der Waals surface area contributed by atoms with Crippen LogP contribution in [-0.4, -0.2) is 79.5 Å². The number of nitrogens with two attached hydrogens (primary N) is 1. The van der Waals surface area contributed by atoms with E-state index in [0.29, 0.717) is 19.1 Å². The van der Waals surface area contributed by atoms with Crippen LogP contribution in [0, 0.1) is 0 Å². The predicted octanol–water partition coefficient (Wildman–Crippen LogP) is 0.210. The van der Waals surface area contributed by atoms with Gasteiger partial charge in [0.15, 0.2) is 0 Å². The number of carbonyl (C=O) groups is 1. The first-order chi connectivity index (χ1) is 9.12. The summed E-state index contributed by atoms with van der Waals surface area (Å²) in [5, 5.41) is 0. The Balaban J connectivity index is 2.33. The fourth-order valence-corrected chi connectivity index (χ4v) is 2.76. The molecule has 1 atom stereocenters. The molecule has 1 unspecified atom stereocenters. The molecule has 1 rings (SSSR count). The van der Waals surface area contributed by atoms with E-state index >= 15 is 0 Å². The number of carbonyl (C=O) groups excluding carboxylic acids is 1. The van der Waals surface area contributed by atoms with Crippen molar-refractivity contribution < 1.29 is 4.79 Å². The molecular formula is C14H30N4O. The average Bonchev–Trinajstić information content (AvgIpc) is 2.85. The van der Waals surface area contributed by atoms with Gasteiger partial charge in [0.2, 0.25) is 5.91 Å². The summed E-state index contributed by atoms with van der Waals surface area (Å²) < 4.78 is 0. The number of nitrogens with zero attached hydrogens (tertiary/aromatic N) is 3. The summed E-state index contributed by atoms with van der Waals surface area (Å²) in [4.78, 5) is 18.6. The monoisotopic (exact) mass is 270 g/mol. The molecule has 0 radical (unpaired) electrons. The smallest absolute Gasteiger partial charge is 0.236 e. The lowest BCUT2D eigenvalue weighted by molar-refractivity contribution is -0.130. The molecule has 0 aromatic carbocycles. The summed E-state index contributed by atoms with van der Waals surface area (Å²) in [6, 6.07) is 0.622. The van der Waals surface area contributed by atoms with Gasteiger partial charge in [-0.3, -0.25) is 14.6 Å². The van der Waals surface area contributed by atoms with Crippen molar-refractivity contribution in [3.05, 3.63) is 0 Å². The van der Waals surface area contributed by atoms with E-state index in [1.54, 1.807) is 4.90 Å². The first-order valence-electron chi connectivity index (χ1n) is 7.52. The second-order valence-electron chi connectivity index (χ2n) is 5.36. The number of likely N-dealkylation sites (N-methyl/N-ethyl adjacent to an activating group) is 2. The second-order valence-corrected chi connectivity index (χ2v) is 5.36. The number of hydrogen-bond donors (Lipinski definition) is 1. The Kier molecular flexibility index (Phi) is 7.34. The molecule has 1 fully saturated rings. The first-order valence-corrected chi connectivity index (χ1v) is 7.52. The zero-order valence-electron chi connectivity index (χ0n) is 12.8. The van der Waals surface area contributed by atoms with Crippen molar-refractivity contribution in [2.24, 2.45) is 5.73 Å². The second kappa shape index (κ2) is 8.51. The van der Waals surface area contributed by atoms with E-state index in [1.807, 2.05) is 7.05 Å². The van der Waals surface area contributed by atoms with Crippen LogP contribution < -0.4 is 5.73 Å². The molecule has 1 aliphatic heterocycles. The summed E-state index contributed by atoms with van der Waals surface area (Å²) in [5.74, 6) is 0.216. The van der Waals surface area contributed by atoms with Crippen molar-refractivity contribution in [3.63, 3.8) is 0 Å². The van der Waals surface area contributed by atoms with Gasteiger partial charge in [0.1, 0.15) is 0 Å². The SMILES string of the molecule is CCN(CC)C1CCN(CC(=O)N(C)CCCN)C1. The Morgan fingerprint density at radius 3 is 2.63 bits per heavy atom. The van der Waals surface area contributed by atoms with Crippen molar-refractivity contribution in [2.45, 2.75) is 32.7 Å². The van der Waals surface area contributed by atoms with Crippen LogP contribution in [0.15, 0.2) is 0 Å². The molecule has 5 nitrogen and oxygen atoms in total. The minimum Gasteiger partial charge on any atom is -0.345 e. The Labute approximate surface area is 117 Å². The van der Waals surface area contributed by atoms with Crippen molar-refractivity contribution in [2.75, 3.05) is 52.9 Å². The van der Waals surface area contributed by atoms with Gasteiger partial charge < -0.3 is 10.6 Å². The Bertz CT molecular complexity index is 268. The van der Waals surface area contributed by atoms with E-state index in [4.69, 9.17) is 5.73 Å². The number of likely N-dealkylation sites (tertiary alicyclic amines) is 1. The molecule has 5 heteroatoms. The first kappa shape index (κ1) is 16.4. The lowest BCUT2D eigenvalue weighted by Gasteiger charge is -2.26. The van der Waals surface area contributed by atoms with E-state index < -0.39 is 0 Å². The molecule has 0 spiro atoms. The summed E-state index contributed by atoms with van der Waals surface area (Å²) in [6.07, 6.45) is 2.06. The molecule has 2 N–H and O–H groups in total. The summed E-state index contributed by atoms with van der Waals surface area (Å²) in [5.41, 5.74) is 5.47. The predicted molar refractivity (Wildman–Crippen MR) is 79.1 cm³/mol. The quantitative estimate of drug-likeness (QED) is 0.685. The number of rotatable bonds is 8. The van der Waals surface area contributed by atoms with Crippen molar-refractivity contribution in [1.29, 1.82) is 0 Å². The average molecular weight is 270 g/mol. The Morgan fingerprint density at radius 2 is 2.05 bits per heavy atom. The summed E-state index contributed by atoms with van der Waals surface area (Å²) >= 11 is 0. The molecule has 0 bridgehead atoms. The fraction of sp³-hybridized carbons (Fsp3) is 0.929. The molecule has 0 aromatic heterocycles. The molecular weight excluding hydrogens is 240 g/mol. The minimum absolute atomic E-state index is 0.216. The van der Waals surface area contributed by atoms with Crippen LogP contribution in [0.3, 0.4) is 0 Å². The van der Waals surface area contributed by atoms with Gasteiger partial charge in [-0.05, 0) is 32.5 Å². The molecule has 0 aromatic rings. The van der Waals surface area contributed by atoms with Crippen LogP contribution in [0.25, 0.3) is 0 Å². The van der Waals surface area contributed by atoms with E-state index in [1.165, 1.54) is 6.42 Å². The summed E-state index contributed by atoms with van der Waals surface area (Å²) in [6.45, 7) is 10.6. The number of amides is 1. The zero-order valence-corrected chi connectivity index (χ0v) is 12.8. The van der Waals surface area contributed by atoms with Gasteiger partial charge in [-0.25, -0.2) is 0 Å². The topological polar surface area (TPSA) is 52.8 Å². The molecule has 0 saturated carbocycles.